The molecule has 0 radical (unpaired) electrons. The van der Waals surface area contributed by atoms with Gasteiger partial charge >= 0.3 is 0 Å². The lowest BCUT2D eigenvalue weighted by Crippen LogP contribution is -2.57. The first kappa shape index (κ1) is 12.9. The quantitative estimate of drug-likeness (QED) is 0.742. The average Bonchev–Trinajstić information content (AvgIpc) is 2.92. The lowest BCUT2D eigenvalue weighted by atomic mass is 9.60. The molecular weight excluding hydrogens is 226 g/mol. The predicted octanol–water partition coefficient (Wildman–Crippen LogP) is 2.21. The van der Waals surface area contributed by atoms with Crippen LogP contribution in [0.15, 0.2) is 0 Å². The first-order chi connectivity index (χ1) is 8.60. The highest BCUT2D eigenvalue weighted by Gasteiger charge is 2.61. The van der Waals surface area contributed by atoms with E-state index >= 15 is 0 Å². The second-order valence-electron chi connectivity index (χ2n) is 6.96. The van der Waals surface area contributed by atoms with E-state index in [9.17, 15) is 5.11 Å². The van der Waals surface area contributed by atoms with E-state index in [1.807, 2.05) is 0 Å². The number of hydrogen-bond donors (Lipinski definition) is 2. The lowest BCUT2D eigenvalue weighted by molar-refractivity contribution is -0.120. The number of fused-ring (bicyclic) bond motifs is 2. The van der Waals surface area contributed by atoms with Crippen molar-refractivity contribution >= 4 is 0 Å². The largest absolute Gasteiger partial charge is 0.389 e. The van der Waals surface area contributed by atoms with Crippen LogP contribution in [0.2, 0.25) is 0 Å². The molecule has 1 saturated carbocycles. The molecule has 0 aromatic rings. The van der Waals surface area contributed by atoms with E-state index in [4.69, 9.17) is 10.5 Å². The number of hydrogen-bond acceptors (Lipinski definition) is 3. The Morgan fingerprint density at radius 2 is 2.06 bits per heavy atom. The first-order valence-electron chi connectivity index (χ1n) is 7.67. The Kier molecular flexibility index (Phi) is 3.20. The summed E-state index contributed by atoms with van der Waals surface area (Å²) >= 11 is 0. The summed E-state index contributed by atoms with van der Waals surface area (Å²) in [5, 5.41) is 11.3. The fraction of sp³-hybridized carbons (Fsp3) is 1.00. The van der Waals surface area contributed by atoms with Crippen molar-refractivity contribution in [3.63, 3.8) is 0 Å². The highest BCUT2D eigenvalue weighted by atomic mass is 16.5. The van der Waals surface area contributed by atoms with Gasteiger partial charge in [-0.25, -0.2) is 0 Å². The molecule has 1 aliphatic carbocycles. The standard InChI is InChI=1S/C15H27NO2/c1-11-3-2-7-15(17,8-6-11)14(10-16)9-12-4-5-13(14)18-12/h11-13,17H,2-10,16H2,1H3. The van der Waals surface area contributed by atoms with E-state index in [-0.39, 0.29) is 11.5 Å². The van der Waals surface area contributed by atoms with Crippen LogP contribution in [0.5, 0.6) is 0 Å². The SMILES string of the molecule is CC1CCCC(O)(C2(CN)CC3CCC2O3)CC1. The maximum atomic E-state index is 11.3. The van der Waals surface area contributed by atoms with Crippen LogP contribution in [0.1, 0.15) is 58.3 Å². The molecule has 2 aliphatic heterocycles. The van der Waals surface area contributed by atoms with E-state index in [0.29, 0.717) is 12.6 Å². The normalized spacial score (nSPS) is 52.5. The van der Waals surface area contributed by atoms with Crippen LogP contribution in [-0.2, 0) is 4.74 Å². The third-order valence-corrected chi connectivity index (χ3v) is 5.94. The van der Waals surface area contributed by atoms with Gasteiger partial charge in [0.05, 0.1) is 17.8 Å². The number of nitrogens with two attached hydrogens (primary N) is 1. The molecule has 0 aromatic carbocycles. The third kappa shape index (κ3) is 1.75. The summed E-state index contributed by atoms with van der Waals surface area (Å²) in [5.74, 6) is 0.744. The van der Waals surface area contributed by atoms with Gasteiger partial charge in [-0.05, 0) is 44.4 Å². The van der Waals surface area contributed by atoms with Gasteiger partial charge in [0.2, 0.25) is 0 Å². The van der Waals surface area contributed by atoms with Crippen molar-refractivity contribution in [2.24, 2.45) is 17.1 Å². The molecular formula is C15H27NO2. The highest BCUT2D eigenvalue weighted by Crippen LogP contribution is 2.56. The van der Waals surface area contributed by atoms with Crippen molar-refractivity contribution < 1.29 is 9.84 Å². The van der Waals surface area contributed by atoms with Crippen molar-refractivity contribution in [1.82, 2.24) is 0 Å². The first-order valence-corrected chi connectivity index (χ1v) is 7.67. The van der Waals surface area contributed by atoms with Crippen LogP contribution >= 0.6 is 0 Å². The van der Waals surface area contributed by atoms with Gasteiger partial charge in [0.15, 0.2) is 0 Å². The number of rotatable bonds is 2. The maximum Gasteiger partial charge on any atom is 0.0741 e. The number of aliphatic hydroxyl groups is 1. The molecule has 0 aromatic heterocycles. The van der Waals surface area contributed by atoms with Crippen molar-refractivity contribution in [3.05, 3.63) is 0 Å². The zero-order valence-electron chi connectivity index (χ0n) is 11.5. The minimum absolute atomic E-state index is 0.153. The summed E-state index contributed by atoms with van der Waals surface area (Å²) in [6.45, 7) is 2.89. The second-order valence-corrected chi connectivity index (χ2v) is 6.96. The summed E-state index contributed by atoms with van der Waals surface area (Å²) in [4.78, 5) is 0. The zero-order valence-corrected chi connectivity index (χ0v) is 11.5. The van der Waals surface area contributed by atoms with Crippen LogP contribution in [0, 0.1) is 11.3 Å². The maximum absolute atomic E-state index is 11.3. The summed E-state index contributed by atoms with van der Waals surface area (Å²) < 4.78 is 6.03. The molecule has 104 valence electrons. The van der Waals surface area contributed by atoms with Crippen LogP contribution < -0.4 is 5.73 Å². The van der Waals surface area contributed by atoms with Crippen LogP contribution in [0.25, 0.3) is 0 Å². The van der Waals surface area contributed by atoms with Gasteiger partial charge in [-0.3, -0.25) is 0 Å². The Morgan fingerprint density at radius 3 is 2.67 bits per heavy atom. The Bertz CT molecular complexity index is 322. The third-order valence-electron chi connectivity index (χ3n) is 5.94. The van der Waals surface area contributed by atoms with Gasteiger partial charge in [0, 0.05) is 12.0 Å². The average molecular weight is 253 g/mol. The molecule has 3 aliphatic rings. The molecule has 0 amide bonds. The zero-order chi connectivity index (χ0) is 12.8. The van der Waals surface area contributed by atoms with Gasteiger partial charge in [0.25, 0.3) is 0 Å². The highest BCUT2D eigenvalue weighted by molar-refractivity contribution is 5.11. The summed E-state index contributed by atoms with van der Waals surface area (Å²) in [7, 11) is 0. The van der Waals surface area contributed by atoms with Crippen LogP contribution in [-0.4, -0.2) is 29.5 Å². The molecule has 3 N–H and O–H groups in total. The molecule has 18 heavy (non-hydrogen) atoms. The Labute approximate surface area is 110 Å². The summed E-state index contributed by atoms with van der Waals surface area (Å²) in [6.07, 6.45) is 9.18. The minimum Gasteiger partial charge on any atom is -0.389 e. The van der Waals surface area contributed by atoms with Crippen molar-refractivity contribution in [2.75, 3.05) is 6.54 Å². The van der Waals surface area contributed by atoms with Gasteiger partial charge in [-0.1, -0.05) is 19.8 Å². The minimum atomic E-state index is -0.577. The molecule has 5 unspecified atom stereocenters. The molecule has 3 rings (SSSR count). The van der Waals surface area contributed by atoms with Gasteiger partial charge in [0.1, 0.15) is 0 Å². The molecule has 2 bridgehead atoms. The van der Waals surface area contributed by atoms with Crippen molar-refractivity contribution in [2.45, 2.75) is 76.1 Å². The molecule has 0 spiro atoms. The van der Waals surface area contributed by atoms with E-state index < -0.39 is 5.60 Å². The second kappa shape index (κ2) is 4.46. The molecule has 3 heteroatoms. The van der Waals surface area contributed by atoms with E-state index in [1.165, 1.54) is 12.8 Å². The molecule has 3 nitrogen and oxygen atoms in total. The summed E-state index contributed by atoms with van der Waals surface area (Å²) in [5.41, 5.74) is 5.39. The smallest absolute Gasteiger partial charge is 0.0741 e. The topological polar surface area (TPSA) is 55.5 Å². The number of ether oxygens (including phenoxy) is 1. The Hall–Kier alpha value is -0.120. The Morgan fingerprint density at radius 1 is 1.22 bits per heavy atom. The van der Waals surface area contributed by atoms with Crippen LogP contribution in [0.3, 0.4) is 0 Å². The molecule has 3 fully saturated rings. The fourth-order valence-corrected chi connectivity index (χ4v) is 4.69. The van der Waals surface area contributed by atoms with Crippen LogP contribution in [0.4, 0.5) is 0 Å². The fourth-order valence-electron chi connectivity index (χ4n) is 4.69. The van der Waals surface area contributed by atoms with Crippen molar-refractivity contribution in [3.8, 4) is 0 Å². The monoisotopic (exact) mass is 253 g/mol. The molecule has 2 saturated heterocycles. The molecule has 5 atom stereocenters. The van der Waals surface area contributed by atoms with Gasteiger partial charge in [-0.15, -0.1) is 0 Å². The van der Waals surface area contributed by atoms with E-state index in [0.717, 1.165) is 44.4 Å². The summed E-state index contributed by atoms with van der Waals surface area (Å²) in [6, 6.07) is 0. The van der Waals surface area contributed by atoms with Gasteiger partial charge in [-0.2, -0.15) is 0 Å². The lowest BCUT2D eigenvalue weighted by Gasteiger charge is -2.48. The Balaban J connectivity index is 1.86. The van der Waals surface area contributed by atoms with E-state index in [2.05, 4.69) is 6.92 Å². The van der Waals surface area contributed by atoms with Gasteiger partial charge < -0.3 is 15.6 Å². The molecule has 2 heterocycles. The van der Waals surface area contributed by atoms with Crippen molar-refractivity contribution in [1.29, 1.82) is 0 Å². The predicted molar refractivity (Wildman–Crippen MR) is 71.2 cm³/mol. The van der Waals surface area contributed by atoms with E-state index in [1.54, 1.807) is 0 Å².